The molecule has 0 aromatic carbocycles. The molecule has 1 amide bonds. The van der Waals surface area contributed by atoms with Crippen LogP contribution in [0.1, 0.15) is 13.8 Å². The first-order chi connectivity index (χ1) is 4.89. The van der Waals surface area contributed by atoms with Gasteiger partial charge >= 0.3 is 0 Å². The first kappa shape index (κ1) is 9.91. The maximum atomic E-state index is 12.3. The number of rotatable bonds is 2. The van der Waals surface area contributed by atoms with E-state index in [4.69, 9.17) is 0 Å². The van der Waals surface area contributed by atoms with Gasteiger partial charge in [0.1, 0.15) is 5.92 Å². The van der Waals surface area contributed by atoms with E-state index >= 15 is 0 Å². The zero-order chi connectivity index (χ0) is 9.07. The van der Waals surface area contributed by atoms with Gasteiger partial charge in [-0.05, 0) is 6.92 Å². The van der Waals surface area contributed by atoms with E-state index in [1.807, 2.05) is 0 Å². The Bertz CT molecular complexity index is 203. The fourth-order valence-electron chi connectivity index (χ4n) is 0.359. The van der Waals surface area contributed by atoms with Crippen LogP contribution in [-0.4, -0.2) is 17.9 Å². The van der Waals surface area contributed by atoms with E-state index in [-0.39, 0.29) is 0 Å². The molecule has 3 nitrogen and oxygen atoms in total. The van der Waals surface area contributed by atoms with Crippen LogP contribution >= 0.6 is 0 Å². The topological polar surface area (TPSA) is 46.5 Å². The molecule has 0 fully saturated rings. The van der Waals surface area contributed by atoms with Crippen molar-refractivity contribution in [3.63, 3.8) is 0 Å². The van der Waals surface area contributed by atoms with Gasteiger partial charge in [0.05, 0.1) is 0 Å². The molecule has 0 saturated carbocycles. The van der Waals surface area contributed by atoms with E-state index in [0.717, 1.165) is 13.0 Å². The van der Waals surface area contributed by atoms with Crippen LogP contribution in [0.3, 0.4) is 0 Å². The van der Waals surface area contributed by atoms with Gasteiger partial charge in [0.2, 0.25) is 6.08 Å². The molecular formula is C6H7F2NO2. The summed E-state index contributed by atoms with van der Waals surface area (Å²) in [5, 5.41) is 0. The lowest BCUT2D eigenvalue weighted by atomic mass is 10.1. The van der Waals surface area contributed by atoms with Gasteiger partial charge < -0.3 is 0 Å². The molecule has 11 heavy (non-hydrogen) atoms. The van der Waals surface area contributed by atoms with Crippen molar-refractivity contribution in [1.82, 2.24) is 0 Å². The third kappa shape index (κ3) is 3.00. The highest BCUT2D eigenvalue weighted by Gasteiger charge is 2.35. The van der Waals surface area contributed by atoms with Crippen LogP contribution in [0.25, 0.3) is 0 Å². The maximum Gasteiger partial charge on any atom is 0.265 e. The highest BCUT2D eigenvalue weighted by Crippen LogP contribution is 2.23. The lowest BCUT2D eigenvalue weighted by molar-refractivity contribution is -0.132. The highest BCUT2D eigenvalue weighted by atomic mass is 19.3. The van der Waals surface area contributed by atoms with Gasteiger partial charge in [-0.2, -0.15) is 0 Å². The second-order valence-corrected chi connectivity index (χ2v) is 2.22. The largest absolute Gasteiger partial charge is 0.271 e. The lowest BCUT2D eigenvalue weighted by Gasteiger charge is -2.14. The average Bonchev–Trinajstić information content (AvgIpc) is 1.85. The third-order valence-corrected chi connectivity index (χ3v) is 1.29. The van der Waals surface area contributed by atoms with Crippen molar-refractivity contribution in [2.45, 2.75) is 19.8 Å². The Balaban J connectivity index is 4.37. The Labute approximate surface area is 62.1 Å². The minimum Gasteiger partial charge on any atom is -0.271 e. The number of alkyl halides is 2. The molecule has 1 unspecified atom stereocenters. The summed E-state index contributed by atoms with van der Waals surface area (Å²) in [6.45, 7) is 1.60. The van der Waals surface area contributed by atoms with E-state index in [1.165, 1.54) is 0 Å². The molecule has 0 aliphatic rings. The van der Waals surface area contributed by atoms with Crippen LogP contribution in [0, 0.1) is 5.92 Å². The number of halogens is 2. The minimum absolute atomic E-state index is 0.593. The molecule has 0 saturated heterocycles. The molecule has 0 aromatic rings. The number of carbonyl (C=O) groups is 1. The molecule has 0 aliphatic heterocycles. The fourth-order valence-corrected chi connectivity index (χ4v) is 0.359. The van der Waals surface area contributed by atoms with Crippen LogP contribution < -0.4 is 0 Å². The summed E-state index contributed by atoms with van der Waals surface area (Å²) in [6.07, 6.45) is 0.913. The molecule has 0 N–H and O–H groups in total. The summed E-state index contributed by atoms with van der Waals surface area (Å²) in [5.41, 5.74) is 0. The minimum atomic E-state index is -3.14. The Morgan fingerprint density at radius 1 is 1.64 bits per heavy atom. The van der Waals surface area contributed by atoms with Crippen molar-refractivity contribution in [3.05, 3.63) is 0 Å². The summed E-state index contributed by atoms with van der Waals surface area (Å²) in [6, 6.07) is 0. The number of amides is 1. The highest BCUT2D eigenvalue weighted by molar-refractivity contribution is 5.84. The molecule has 0 aromatic heterocycles. The zero-order valence-electron chi connectivity index (χ0n) is 6.10. The summed E-state index contributed by atoms with van der Waals surface area (Å²) in [5.74, 6) is -5.85. The Morgan fingerprint density at radius 2 is 2.09 bits per heavy atom. The van der Waals surface area contributed by atoms with Crippen LogP contribution in [-0.2, 0) is 9.59 Å². The van der Waals surface area contributed by atoms with Crippen molar-refractivity contribution in [2.75, 3.05) is 0 Å². The van der Waals surface area contributed by atoms with Crippen LogP contribution in [0.5, 0.6) is 0 Å². The number of hydrogen-bond donors (Lipinski definition) is 0. The smallest absolute Gasteiger partial charge is 0.265 e. The summed E-state index contributed by atoms with van der Waals surface area (Å²) >= 11 is 0. The fraction of sp³-hybridized carbons (Fsp3) is 0.667. The monoisotopic (exact) mass is 163 g/mol. The van der Waals surface area contributed by atoms with E-state index < -0.39 is 17.7 Å². The molecule has 0 bridgehead atoms. The van der Waals surface area contributed by atoms with Gasteiger partial charge in [0, 0.05) is 6.92 Å². The SMILES string of the molecule is CC(C(=O)N=C=O)C(C)(F)F. The van der Waals surface area contributed by atoms with Gasteiger partial charge in [-0.15, -0.1) is 4.99 Å². The summed E-state index contributed by atoms with van der Waals surface area (Å²) in [4.78, 5) is 22.5. The predicted octanol–water partition coefficient (Wildman–Crippen LogP) is 1.14. The van der Waals surface area contributed by atoms with Crippen molar-refractivity contribution in [1.29, 1.82) is 0 Å². The standard InChI is InChI=1S/C6H7F2NO2/c1-4(6(2,7)8)5(11)9-3-10/h4H,1-2H3. The Hall–Kier alpha value is -1.09. The molecule has 0 spiro atoms. The third-order valence-electron chi connectivity index (χ3n) is 1.29. The first-order valence-electron chi connectivity index (χ1n) is 2.89. The van der Waals surface area contributed by atoms with Crippen LogP contribution in [0.2, 0.25) is 0 Å². The first-order valence-corrected chi connectivity index (χ1v) is 2.89. The van der Waals surface area contributed by atoms with E-state index in [0.29, 0.717) is 6.92 Å². The molecular weight excluding hydrogens is 156 g/mol. The van der Waals surface area contributed by atoms with E-state index in [2.05, 4.69) is 4.99 Å². The van der Waals surface area contributed by atoms with Gasteiger partial charge in [-0.1, -0.05) is 0 Å². The van der Waals surface area contributed by atoms with Crippen molar-refractivity contribution < 1.29 is 18.4 Å². The van der Waals surface area contributed by atoms with Gasteiger partial charge in [0.25, 0.3) is 11.8 Å². The average molecular weight is 163 g/mol. The lowest BCUT2D eigenvalue weighted by Crippen LogP contribution is -2.27. The second kappa shape index (κ2) is 3.34. The van der Waals surface area contributed by atoms with Crippen molar-refractivity contribution >= 4 is 12.0 Å². The predicted molar refractivity (Wildman–Crippen MR) is 32.9 cm³/mol. The van der Waals surface area contributed by atoms with Gasteiger partial charge in [-0.3, -0.25) is 4.79 Å². The van der Waals surface area contributed by atoms with Crippen molar-refractivity contribution in [2.24, 2.45) is 10.9 Å². The number of isocyanates is 1. The van der Waals surface area contributed by atoms with E-state index in [9.17, 15) is 18.4 Å². The Morgan fingerprint density at radius 3 is 2.36 bits per heavy atom. The molecule has 1 atom stereocenters. The molecule has 0 heterocycles. The molecule has 0 rings (SSSR count). The Kier molecular flexibility index (Phi) is 3.01. The number of nitrogens with zero attached hydrogens (tertiary/aromatic N) is 1. The van der Waals surface area contributed by atoms with Gasteiger partial charge in [-0.25, -0.2) is 13.6 Å². The van der Waals surface area contributed by atoms with E-state index in [1.54, 1.807) is 0 Å². The van der Waals surface area contributed by atoms with Crippen LogP contribution in [0.4, 0.5) is 8.78 Å². The zero-order valence-corrected chi connectivity index (χ0v) is 6.10. The summed E-state index contributed by atoms with van der Waals surface area (Å²) < 4.78 is 24.6. The number of hydrogen-bond acceptors (Lipinski definition) is 2. The second-order valence-electron chi connectivity index (χ2n) is 2.22. The molecule has 5 heteroatoms. The summed E-state index contributed by atoms with van der Waals surface area (Å²) in [7, 11) is 0. The van der Waals surface area contributed by atoms with Gasteiger partial charge in [0.15, 0.2) is 0 Å². The number of carbonyl (C=O) groups excluding carboxylic acids is 2. The van der Waals surface area contributed by atoms with Crippen LogP contribution in [0.15, 0.2) is 4.99 Å². The van der Waals surface area contributed by atoms with Crippen molar-refractivity contribution in [3.8, 4) is 0 Å². The molecule has 62 valence electrons. The molecule has 0 radical (unpaired) electrons. The normalized spacial score (nSPS) is 13.5. The quantitative estimate of drug-likeness (QED) is 0.452. The maximum absolute atomic E-state index is 12.3. The molecule has 0 aliphatic carbocycles. The number of aliphatic imine (C=N–C) groups is 1.